The molecule has 0 aliphatic carbocycles. The van der Waals surface area contributed by atoms with Crippen LogP contribution in [-0.4, -0.2) is 155 Å². The van der Waals surface area contributed by atoms with Crippen LogP contribution in [0.4, 0.5) is 0 Å². The summed E-state index contributed by atoms with van der Waals surface area (Å²) in [6, 6.07) is -2.01. The first-order valence-corrected chi connectivity index (χ1v) is 19.6. The van der Waals surface area contributed by atoms with E-state index >= 15 is 0 Å². The van der Waals surface area contributed by atoms with Crippen LogP contribution in [0.3, 0.4) is 0 Å². The van der Waals surface area contributed by atoms with Crippen molar-refractivity contribution >= 4 is 11.8 Å². The van der Waals surface area contributed by atoms with Crippen LogP contribution in [0.15, 0.2) is 34.0 Å². The van der Waals surface area contributed by atoms with Crippen molar-refractivity contribution < 1.29 is 69.4 Å². The zero-order chi connectivity index (χ0) is 42.0. The first-order valence-electron chi connectivity index (χ1n) is 19.6. The number of aliphatic hydroxyl groups excluding tert-OH is 8. The summed E-state index contributed by atoms with van der Waals surface area (Å²) in [5.74, 6) is -0.665. The molecule has 0 saturated carbocycles. The normalized spacial score (nSPS) is 35.1. The molecule has 57 heavy (non-hydrogen) atoms. The Hall–Kier alpha value is -3.12. The minimum absolute atomic E-state index is 0.598. The lowest BCUT2D eigenvalue weighted by Crippen LogP contribution is -2.68. The molecule has 0 unspecified atom stereocenters. The van der Waals surface area contributed by atoms with Gasteiger partial charge in [0.15, 0.2) is 18.8 Å². The third kappa shape index (κ3) is 12.4. The number of allylic oxidation sites excluding steroid dienone is 1. The number of aromatic amines is 1. The Labute approximate surface area is 329 Å². The Morgan fingerprint density at radius 1 is 0.842 bits per heavy atom. The number of carbonyl (C=O) groups excluding carboxylic acids is 2. The van der Waals surface area contributed by atoms with Crippen LogP contribution < -0.4 is 21.9 Å². The number of unbranched alkanes of at least 4 members (excludes halogenated alkanes) is 6. The van der Waals surface area contributed by atoms with Crippen LogP contribution in [-0.2, 0) is 28.5 Å². The van der Waals surface area contributed by atoms with Crippen molar-refractivity contribution in [2.75, 3.05) is 6.61 Å². The maximum atomic E-state index is 13.1. The first-order chi connectivity index (χ1) is 27.0. The highest BCUT2D eigenvalue weighted by Gasteiger charge is 2.53. The molecule has 4 heterocycles. The molecular formula is C37H60N4O16. The van der Waals surface area contributed by atoms with Crippen LogP contribution in [0.2, 0.25) is 0 Å². The van der Waals surface area contributed by atoms with E-state index in [1.807, 2.05) is 4.98 Å². The number of hydrogen-bond acceptors (Lipinski definition) is 16. The molecule has 11 N–H and O–H groups in total. The Balaban J connectivity index is 1.48. The summed E-state index contributed by atoms with van der Waals surface area (Å²) in [4.78, 5) is 51.0. The highest BCUT2D eigenvalue weighted by Crippen LogP contribution is 2.34. The fourth-order valence-corrected chi connectivity index (χ4v) is 7.27. The van der Waals surface area contributed by atoms with Crippen molar-refractivity contribution in [3.63, 3.8) is 0 Å². The second-order valence-corrected chi connectivity index (χ2v) is 15.4. The van der Waals surface area contributed by atoms with E-state index in [-0.39, 0.29) is 0 Å². The molecule has 15 atom stereocenters. The van der Waals surface area contributed by atoms with E-state index in [9.17, 15) is 60.0 Å². The molecule has 324 valence electrons. The number of H-pyrrole nitrogens is 1. The van der Waals surface area contributed by atoms with E-state index in [1.54, 1.807) is 6.08 Å². The third-order valence-corrected chi connectivity index (χ3v) is 10.5. The largest absolute Gasteiger partial charge is 0.394 e. The fourth-order valence-electron chi connectivity index (χ4n) is 7.27. The van der Waals surface area contributed by atoms with Gasteiger partial charge in [-0.05, 0) is 24.8 Å². The number of rotatable bonds is 19. The second-order valence-electron chi connectivity index (χ2n) is 15.4. The number of amides is 2. The molecule has 20 heteroatoms. The lowest BCUT2D eigenvalue weighted by molar-refractivity contribution is -0.346. The van der Waals surface area contributed by atoms with Gasteiger partial charge in [-0.1, -0.05) is 58.4 Å². The Bertz CT molecular complexity index is 1570. The minimum Gasteiger partial charge on any atom is -0.394 e. The van der Waals surface area contributed by atoms with E-state index in [1.165, 1.54) is 25.3 Å². The van der Waals surface area contributed by atoms with Crippen molar-refractivity contribution in [2.24, 2.45) is 5.92 Å². The minimum atomic E-state index is -1.85. The van der Waals surface area contributed by atoms with Crippen molar-refractivity contribution in [3.05, 3.63) is 45.3 Å². The summed E-state index contributed by atoms with van der Waals surface area (Å²) < 4.78 is 24.1. The zero-order valence-electron chi connectivity index (χ0n) is 32.4. The standard InChI is InChI=1S/C37H60N4O16/c1-18(2)12-10-8-6-4-5-7-9-11-13-23(45)39-26-30(50)27(47)21(54-36(26)57-35-25(38-19(3)43)29(49)28(48)22(17-42)55-35)16-20(44)33-31(51)32(52)34(56-33)41-15-14-24(46)40-37(41)53/h11,13-15,18,20-22,25-36,42,44,47-52H,4-10,12,16-17H2,1-3H3,(H,38,43)(H,39,45)(H,40,46,53)/b13-11-/t20-,21-,22+,25+,26-,27+,28+,29+,30-,31+,32-,33-,34-,35+,36+/m1/s1. The average Bonchev–Trinajstić information content (AvgIpc) is 3.45. The Morgan fingerprint density at radius 2 is 1.44 bits per heavy atom. The predicted molar refractivity (Wildman–Crippen MR) is 198 cm³/mol. The van der Waals surface area contributed by atoms with Crippen LogP contribution in [0.1, 0.15) is 84.8 Å². The predicted octanol–water partition coefficient (Wildman–Crippen LogP) is -2.87. The molecule has 3 fully saturated rings. The quantitative estimate of drug-likeness (QED) is 0.0494. The van der Waals surface area contributed by atoms with Crippen LogP contribution in [0.5, 0.6) is 0 Å². The lowest BCUT2D eigenvalue weighted by Gasteiger charge is -2.47. The molecule has 3 aliphatic heterocycles. The number of aromatic nitrogens is 2. The molecule has 4 rings (SSSR count). The van der Waals surface area contributed by atoms with E-state index in [0.29, 0.717) is 12.3 Å². The SMILES string of the molecule is CC(=O)N[C@@H]1[C@H](O[C@@H]2O[C@H](C[C@@H](O)[C@H]3O[C@@H](n4ccc(=O)[nH]c4=O)[C@H](O)[C@@H]3O)[C@H](O)[C@H](O)[C@H]2NC(=O)/C=C\CCCCCCCCC(C)C)O[C@@H](CO)[C@H](O)[C@H]1O. The van der Waals surface area contributed by atoms with Crippen molar-refractivity contribution in [1.29, 1.82) is 0 Å². The van der Waals surface area contributed by atoms with Crippen LogP contribution >= 0.6 is 0 Å². The monoisotopic (exact) mass is 816 g/mol. The van der Waals surface area contributed by atoms with Gasteiger partial charge >= 0.3 is 5.69 Å². The Morgan fingerprint density at radius 3 is 2.05 bits per heavy atom. The summed E-state index contributed by atoms with van der Waals surface area (Å²) in [6.45, 7) is 4.75. The van der Waals surface area contributed by atoms with E-state index in [0.717, 1.165) is 49.4 Å². The number of ether oxygens (including phenoxy) is 4. The van der Waals surface area contributed by atoms with Gasteiger partial charge in [-0.3, -0.25) is 23.9 Å². The number of aliphatic hydroxyl groups is 8. The topological polar surface area (TPSA) is 312 Å². The maximum absolute atomic E-state index is 13.1. The van der Waals surface area contributed by atoms with Crippen LogP contribution in [0.25, 0.3) is 0 Å². The molecule has 1 aromatic heterocycles. The summed E-state index contributed by atoms with van der Waals surface area (Å²) in [6.07, 6.45) is -10.3. The van der Waals surface area contributed by atoms with Gasteiger partial charge in [0.25, 0.3) is 5.56 Å². The Kier molecular flexibility index (Phi) is 17.8. The summed E-state index contributed by atoms with van der Waals surface area (Å²) in [5, 5.41) is 91.3. The van der Waals surface area contributed by atoms with Gasteiger partial charge in [0.2, 0.25) is 11.8 Å². The maximum Gasteiger partial charge on any atom is 0.330 e. The fraction of sp³-hybridized carbons (Fsp3) is 0.784. The number of nitrogens with one attached hydrogen (secondary N) is 3. The molecule has 0 spiro atoms. The molecule has 0 radical (unpaired) electrons. The van der Waals surface area contributed by atoms with Gasteiger partial charge in [-0.25, -0.2) is 4.79 Å². The zero-order valence-corrected chi connectivity index (χ0v) is 32.4. The van der Waals surface area contributed by atoms with Gasteiger partial charge in [-0.2, -0.15) is 0 Å². The van der Waals surface area contributed by atoms with Crippen molar-refractivity contribution in [1.82, 2.24) is 20.2 Å². The van der Waals surface area contributed by atoms with Gasteiger partial charge in [0, 0.05) is 25.6 Å². The molecule has 3 aliphatic rings. The second kappa shape index (κ2) is 21.8. The van der Waals surface area contributed by atoms with Gasteiger partial charge in [0.1, 0.15) is 60.9 Å². The highest BCUT2D eigenvalue weighted by molar-refractivity contribution is 5.87. The average molecular weight is 817 g/mol. The molecular weight excluding hydrogens is 756 g/mol. The smallest absolute Gasteiger partial charge is 0.330 e. The van der Waals surface area contributed by atoms with Gasteiger partial charge in [0.05, 0.1) is 18.8 Å². The third-order valence-electron chi connectivity index (χ3n) is 10.5. The molecule has 2 amide bonds. The van der Waals surface area contributed by atoms with Gasteiger partial charge < -0.3 is 70.4 Å². The highest BCUT2D eigenvalue weighted by atomic mass is 16.8. The van der Waals surface area contributed by atoms with E-state index in [4.69, 9.17) is 18.9 Å². The number of nitrogens with zero attached hydrogens (tertiary/aromatic N) is 1. The lowest BCUT2D eigenvalue weighted by atomic mass is 9.91. The van der Waals surface area contributed by atoms with Gasteiger partial charge in [-0.15, -0.1) is 0 Å². The summed E-state index contributed by atoms with van der Waals surface area (Å²) >= 11 is 0. The molecule has 20 nitrogen and oxygen atoms in total. The molecule has 3 saturated heterocycles. The first kappa shape index (κ1) is 46.6. The summed E-state index contributed by atoms with van der Waals surface area (Å²) in [5.41, 5.74) is -1.68. The number of carbonyl (C=O) groups is 2. The van der Waals surface area contributed by atoms with E-state index < -0.39 is 128 Å². The molecule has 1 aromatic rings. The molecule has 0 bridgehead atoms. The van der Waals surface area contributed by atoms with Crippen LogP contribution in [0, 0.1) is 5.92 Å². The summed E-state index contributed by atoms with van der Waals surface area (Å²) in [7, 11) is 0. The van der Waals surface area contributed by atoms with Crippen molar-refractivity contribution in [3.8, 4) is 0 Å². The van der Waals surface area contributed by atoms with Crippen molar-refractivity contribution in [2.45, 2.75) is 170 Å². The number of hydrogen-bond donors (Lipinski definition) is 11. The van der Waals surface area contributed by atoms with E-state index in [2.05, 4.69) is 24.5 Å². The molecule has 0 aromatic carbocycles.